The Labute approximate surface area is 182 Å². The molecule has 0 saturated carbocycles. The monoisotopic (exact) mass is 492 g/mol. The number of piperidine rings is 1. The maximum atomic E-state index is 13.4. The van der Waals surface area contributed by atoms with Crippen molar-refractivity contribution in [3.63, 3.8) is 0 Å². The Hall–Kier alpha value is -1.36. The summed E-state index contributed by atoms with van der Waals surface area (Å²) in [6.07, 6.45) is -3.35. The van der Waals surface area contributed by atoms with E-state index in [1.54, 1.807) is 19.9 Å². The van der Waals surface area contributed by atoms with Gasteiger partial charge in [-0.25, -0.2) is 4.98 Å². The molecule has 0 unspecified atom stereocenters. The van der Waals surface area contributed by atoms with E-state index in [1.807, 2.05) is 6.07 Å². The first-order valence-corrected chi connectivity index (χ1v) is 11.0. The van der Waals surface area contributed by atoms with Crippen LogP contribution < -0.4 is 5.32 Å². The fourth-order valence-electron chi connectivity index (χ4n) is 3.73. The molecule has 1 aromatic carbocycles. The van der Waals surface area contributed by atoms with Crippen LogP contribution in [0.5, 0.6) is 0 Å². The maximum absolute atomic E-state index is 13.4. The first kappa shape index (κ1) is 23.3. The molecule has 3 rings (SSSR count). The van der Waals surface area contributed by atoms with Crippen LogP contribution in [0.25, 0.3) is 11.0 Å². The summed E-state index contributed by atoms with van der Waals surface area (Å²) in [5, 5.41) is 3.50. The van der Waals surface area contributed by atoms with Crippen LogP contribution in [0.2, 0.25) is 0 Å². The van der Waals surface area contributed by atoms with Crippen LogP contribution in [0, 0.1) is 0 Å². The molecule has 1 fully saturated rings. The van der Waals surface area contributed by atoms with Crippen molar-refractivity contribution in [2.24, 2.45) is 0 Å². The Morgan fingerprint density at radius 2 is 1.83 bits per heavy atom. The van der Waals surface area contributed by atoms with Gasteiger partial charge in [-0.3, -0.25) is 0 Å². The third-order valence-corrected chi connectivity index (χ3v) is 5.70. The molecular formula is C20H28BrF3N4O2. The number of rotatable bonds is 8. The van der Waals surface area contributed by atoms with E-state index in [0.29, 0.717) is 34.8 Å². The molecule has 10 heteroatoms. The van der Waals surface area contributed by atoms with Gasteiger partial charge in [-0.15, -0.1) is 0 Å². The number of imidazole rings is 1. The lowest BCUT2D eigenvalue weighted by Gasteiger charge is -2.30. The van der Waals surface area contributed by atoms with E-state index < -0.39 is 19.0 Å². The van der Waals surface area contributed by atoms with Gasteiger partial charge in [0.25, 0.3) is 0 Å². The van der Waals surface area contributed by atoms with Crippen LogP contribution in [0.3, 0.4) is 0 Å². The van der Waals surface area contributed by atoms with Gasteiger partial charge in [0.1, 0.15) is 6.54 Å². The Balaban J connectivity index is 2.00. The minimum absolute atomic E-state index is 0.114. The van der Waals surface area contributed by atoms with E-state index >= 15 is 0 Å². The van der Waals surface area contributed by atoms with Crippen LogP contribution in [-0.4, -0.2) is 60.0 Å². The Bertz CT molecular complexity index is 845. The molecule has 6 nitrogen and oxygen atoms in total. The molecule has 0 bridgehead atoms. The lowest BCUT2D eigenvalue weighted by Crippen LogP contribution is -2.36. The van der Waals surface area contributed by atoms with Gasteiger partial charge in [0.2, 0.25) is 6.29 Å². The average Bonchev–Trinajstić information content (AvgIpc) is 3.00. The fraction of sp³-hybridized carbons (Fsp3) is 0.650. The minimum atomic E-state index is -4.41. The molecule has 168 valence electrons. The lowest BCUT2D eigenvalue weighted by molar-refractivity contribution is -0.157. The quantitative estimate of drug-likeness (QED) is 0.529. The summed E-state index contributed by atoms with van der Waals surface area (Å²) in [7, 11) is 2.10. The SMILES string of the molecule is CCOC(OCC)c1nc2cc(NC3CCN(C)CC3)cc(Br)c2n1CC(F)(F)F. The lowest BCUT2D eigenvalue weighted by atomic mass is 10.1. The van der Waals surface area contributed by atoms with Crippen LogP contribution in [0.15, 0.2) is 16.6 Å². The van der Waals surface area contributed by atoms with Gasteiger partial charge in [-0.1, -0.05) is 0 Å². The molecule has 0 aliphatic carbocycles. The van der Waals surface area contributed by atoms with Gasteiger partial charge < -0.3 is 24.3 Å². The summed E-state index contributed by atoms with van der Waals surface area (Å²) in [5.74, 6) is 0.114. The van der Waals surface area contributed by atoms with Gasteiger partial charge in [0, 0.05) is 29.4 Å². The molecule has 0 atom stereocenters. The zero-order chi connectivity index (χ0) is 21.9. The highest BCUT2D eigenvalue weighted by Crippen LogP contribution is 2.34. The molecule has 1 aromatic heterocycles. The van der Waals surface area contributed by atoms with Crippen molar-refractivity contribution in [3.05, 3.63) is 22.4 Å². The largest absolute Gasteiger partial charge is 0.406 e. The predicted molar refractivity (Wildman–Crippen MR) is 114 cm³/mol. The minimum Gasteiger partial charge on any atom is -0.382 e. The molecule has 2 heterocycles. The van der Waals surface area contributed by atoms with E-state index in [-0.39, 0.29) is 5.82 Å². The van der Waals surface area contributed by atoms with E-state index in [2.05, 4.69) is 38.2 Å². The standard InChI is InChI=1S/C20H28BrF3N4O2/c1-4-29-19(30-5-2)18-26-16-11-14(25-13-6-8-27(3)9-7-13)10-15(21)17(16)28(18)12-20(22,23)24/h10-11,13,19,25H,4-9,12H2,1-3H3. The van der Waals surface area contributed by atoms with Crippen molar-refractivity contribution in [2.75, 3.05) is 38.7 Å². The normalized spacial score (nSPS) is 16.7. The van der Waals surface area contributed by atoms with Crippen molar-refractivity contribution in [3.8, 4) is 0 Å². The molecular weight excluding hydrogens is 465 g/mol. The molecule has 0 spiro atoms. The van der Waals surface area contributed by atoms with Crippen LogP contribution in [-0.2, 0) is 16.0 Å². The second kappa shape index (κ2) is 9.84. The molecule has 1 aliphatic rings. The van der Waals surface area contributed by atoms with Crippen molar-refractivity contribution >= 4 is 32.7 Å². The number of aromatic nitrogens is 2. The summed E-state index contributed by atoms with van der Waals surface area (Å²) in [6, 6.07) is 3.93. The van der Waals surface area contributed by atoms with Gasteiger partial charge in [0.05, 0.1) is 11.0 Å². The zero-order valence-electron chi connectivity index (χ0n) is 17.4. The topological polar surface area (TPSA) is 51.6 Å². The first-order chi connectivity index (χ1) is 14.2. The number of anilines is 1. The summed E-state index contributed by atoms with van der Waals surface area (Å²) in [6.45, 7) is 4.97. The molecule has 1 aliphatic heterocycles. The summed E-state index contributed by atoms with van der Waals surface area (Å²) in [4.78, 5) is 6.78. The molecule has 0 radical (unpaired) electrons. The fourth-order valence-corrected chi connectivity index (χ4v) is 4.39. The molecule has 0 amide bonds. The highest BCUT2D eigenvalue weighted by Gasteiger charge is 2.33. The third kappa shape index (κ3) is 5.66. The maximum Gasteiger partial charge on any atom is 0.406 e. The van der Waals surface area contributed by atoms with Gasteiger partial charge in [-0.05, 0) is 74.9 Å². The molecule has 1 N–H and O–H groups in total. The second-order valence-corrected chi connectivity index (χ2v) is 8.32. The summed E-state index contributed by atoms with van der Waals surface area (Å²) >= 11 is 3.46. The van der Waals surface area contributed by atoms with Crippen molar-refractivity contribution in [1.29, 1.82) is 0 Å². The number of nitrogens with zero attached hydrogens (tertiary/aromatic N) is 3. The van der Waals surface area contributed by atoms with E-state index in [4.69, 9.17) is 9.47 Å². The Morgan fingerprint density at radius 1 is 1.20 bits per heavy atom. The number of hydrogen-bond acceptors (Lipinski definition) is 5. The average molecular weight is 493 g/mol. The number of fused-ring (bicyclic) bond motifs is 1. The number of alkyl halides is 3. The molecule has 2 aromatic rings. The summed E-state index contributed by atoms with van der Waals surface area (Å²) < 4.78 is 52.8. The van der Waals surface area contributed by atoms with Gasteiger partial charge in [0.15, 0.2) is 5.82 Å². The first-order valence-electron chi connectivity index (χ1n) is 10.2. The second-order valence-electron chi connectivity index (χ2n) is 7.46. The number of hydrogen-bond donors (Lipinski definition) is 1. The van der Waals surface area contributed by atoms with Crippen molar-refractivity contribution in [2.45, 2.75) is 51.7 Å². The summed E-state index contributed by atoms with van der Waals surface area (Å²) in [5.41, 5.74) is 1.67. The highest BCUT2D eigenvalue weighted by molar-refractivity contribution is 9.10. The van der Waals surface area contributed by atoms with Crippen molar-refractivity contribution < 1.29 is 22.6 Å². The van der Waals surface area contributed by atoms with Gasteiger partial charge in [-0.2, -0.15) is 13.2 Å². The number of benzene rings is 1. The zero-order valence-corrected chi connectivity index (χ0v) is 19.0. The van der Waals surface area contributed by atoms with E-state index in [0.717, 1.165) is 36.2 Å². The molecule has 30 heavy (non-hydrogen) atoms. The molecule has 1 saturated heterocycles. The highest BCUT2D eigenvalue weighted by atomic mass is 79.9. The third-order valence-electron chi connectivity index (χ3n) is 5.10. The van der Waals surface area contributed by atoms with E-state index in [1.165, 1.54) is 0 Å². The van der Waals surface area contributed by atoms with Crippen molar-refractivity contribution in [1.82, 2.24) is 14.5 Å². The number of nitrogens with one attached hydrogen (secondary N) is 1. The smallest absolute Gasteiger partial charge is 0.382 e. The Morgan fingerprint density at radius 3 is 2.40 bits per heavy atom. The van der Waals surface area contributed by atoms with Crippen LogP contribution in [0.1, 0.15) is 38.8 Å². The number of likely N-dealkylation sites (tertiary alicyclic amines) is 1. The van der Waals surface area contributed by atoms with Gasteiger partial charge >= 0.3 is 6.18 Å². The Kier molecular flexibility index (Phi) is 7.65. The van der Waals surface area contributed by atoms with Crippen LogP contribution >= 0.6 is 15.9 Å². The number of halogens is 4. The van der Waals surface area contributed by atoms with E-state index in [9.17, 15) is 13.2 Å². The van der Waals surface area contributed by atoms with Crippen LogP contribution in [0.4, 0.5) is 18.9 Å². The predicted octanol–water partition coefficient (Wildman–Crippen LogP) is 4.94. The number of ether oxygens (including phenoxy) is 2.